The number of nitrogen functional groups attached to an aromatic ring is 1. The predicted octanol–water partition coefficient (Wildman–Crippen LogP) is 1.30. The predicted molar refractivity (Wildman–Crippen MR) is 68.8 cm³/mol. The summed E-state index contributed by atoms with van der Waals surface area (Å²) in [5.74, 6) is -0.0246. The standard InChI is InChI=1S/C13H14N4O/c1-9-11(8-16-13(14)17-9)12(18)15-7-10-5-3-2-4-6-10/h2-6,8H,7H2,1H3,(H,15,18)(H2,14,16,17). The van der Waals surface area contributed by atoms with Crippen LogP contribution in [0.15, 0.2) is 36.5 Å². The molecule has 0 aliphatic heterocycles. The van der Waals surface area contributed by atoms with Crippen LogP contribution in [-0.2, 0) is 6.54 Å². The van der Waals surface area contributed by atoms with E-state index >= 15 is 0 Å². The minimum absolute atomic E-state index is 0.173. The SMILES string of the molecule is Cc1nc(N)ncc1C(=O)NCc1ccccc1. The molecule has 0 bridgehead atoms. The van der Waals surface area contributed by atoms with Crippen molar-refractivity contribution in [3.05, 3.63) is 53.3 Å². The Morgan fingerprint density at radius 3 is 2.72 bits per heavy atom. The van der Waals surface area contributed by atoms with Crippen LogP contribution >= 0.6 is 0 Å². The van der Waals surface area contributed by atoms with Gasteiger partial charge in [0.2, 0.25) is 5.95 Å². The number of rotatable bonds is 3. The number of aryl methyl sites for hydroxylation is 1. The number of nitrogens with two attached hydrogens (primary N) is 1. The summed E-state index contributed by atoms with van der Waals surface area (Å²) in [5.41, 5.74) is 7.50. The Bertz CT molecular complexity index is 554. The Kier molecular flexibility index (Phi) is 3.52. The summed E-state index contributed by atoms with van der Waals surface area (Å²) in [5, 5.41) is 2.82. The van der Waals surface area contributed by atoms with Crippen molar-refractivity contribution in [2.75, 3.05) is 5.73 Å². The lowest BCUT2D eigenvalue weighted by Gasteiger charge is -2.07. The van der Waals surface area contributed by atoms with E-state index in [4.69, 9.17) is 5.73 Å². The molecule has 0 spiro atoms. The second kappa shape index (κ2) is 5.27. The van der Waals surface area contributed by atoms with Gasteiger partial charge in [0.05, 0.1) is 11.3 Å². The second-order valence-electron chi connectivity index (χ2n) is 3.90. The largest absolute Gasteiger partial charge is 0.368 e. The third-order valence-electron chi connectivity index (χ3n) is 2.54. The normalized spacial score (nSPS) is 10.1. The van der Waals surface area contributed by atoms with E-state index in [1.807, 2.05) is 30.3 Å². The van der Waals surface area contributed by atoms with Crippen molar-refractivity contribution in [3.8, 4) is 0 Å². The van der Waals surface area contributed by atoms with Gasteiger partial charge in [0.15, 0.2) is 0 Å². The molecule has 5 heteroatoms. The number of hydrogen-bond donors (Lipinski definition) is 2. The fourth-order valence-corrected chi connectivity index (χ4v) is 1.58. The summed E-state index contributed by atoms with van der Waals surface area (Å²) in [6.07, 6.45) is 1.44. The summed E-state index contributed by atoms with van der Waals surface area (Å²) in [6, 6.07) is 9.70. The van der Waals surface area contributed by atoms with Crippen molar-refractivity contribution in [3.63, 3.8) is 0 Å². The molecule has 0 aliphatic carbocycles. The van der Waals surface area contributed by atoms with Crippen molar-refractivity contribution in [1.29, 1.82) is 0 Å². The number of amides is 1. The molecule has 1 aromatic carbocycles. The van der Waals surface area contributed by atoms with Crippen molar-refractivity contribution in [2.24, 2.45) is 0 Å². The lowest BCUT2D eigenvalue weighted by Crippen LogP contribution is -2.24. The van der Waals surface area contributed by atoms with E-state index in [1.165, 1.54) is 6.20 Å². The van der Waals surface area contributed by atoms with Crippen LogP contribution in [-0.4, -0.2) is 15.9 Å². The van der Waals surface area contributed by atoms with Crippen LogP contribution < -0.4 is 11.1 Å². The molecule has 0 unspecified atom stereocenters. The Labute approximate surface area is 105 Å². The maximum absolute atomic E-state index is 11.9. The molecule has 0 radical (unpaired) electrons. The van der Waals surface area contributed by atoms with Gasteiger partial charge in [-0.15, -0.1) is 0 Å². The van der Waals surface area contributed by atoms with Gasteiger partial charge < -0.3 is 11.1 Å². The molecule has 0 fully saturated rings. The number of hydrogen-bond acceptors (Lipinski definition) is 4. The van der Waals surface area contributed by atoms with E-state index in [2.05, 4.69) is 15.3 Å². The zero-order valence-electron chi connectivity index (χ0n) is 10.1. The maximum Gasteiger partial charge on any atom is 0.254 e. The average molecular weight is 242 g/mol. The molecule has 0 aliphatic rings. The summed E-state index contributed by atoms with van der Waals surface area (Å²) in [4.78, 5) is 19.7. The first-order valence-electron chi connectivity index (χ1n) is 5.58. The molecule has 2 rings (SSSR count). The summed E-state index contributed by atoms with van der Waals surface area (Å²) in [6.45, 7) is 2.21. The lowest BCUT2D eigenvalue weighted by molar-refractivity contribution is 0.0949. The quantitative estimate of drug-likeness (QED) is 0.850. The number of nitrogens with one attached hydrogen (secondary N) is 1. The molecule has 2 aromatic rings. The highest BCUT2D eigenvalue weighted by Gasteiger charge is 2.10. The third kappa shape index (κ3) is 2.82. The number of carbonyl (C=O) groups excluding carboxylic acids is 1. The monoisotopic (exact) mass is 242 g/mol. The van der Waals surface area contributed by atoms with E-state index < -0.39 is 0 Å². The molecule has 0 atom stereocenters. The Hall–Kier alpha value is -2.43. The minimum atomic E-state index is -0.198. The Morgan fingerprint density at radius 2 is 2.06 bits per heavy atom. The third-order valence-corrected chi connectivity index (χ3v) is 2.54. The number of benzene rings is 1. The molecule has 1 amide bonds. The molecule has 92 valence electrons. The van der Waals surface area contributed by atoms with Gasteiger partial charge in [-0.2, -0.15) is 0 Å². The minimum Gasteiger partial charge on any atom is -0.368 e. The smallest absolute Gasteiger partial charge is 0.254 e. The number of carbonyl (C=O) groups is 1. The van der Waals surface area contributed by atoms with E-state index in [1.54, 1.807) is 6.92 Å². The van der Waals surface area contributed by atoms with Gasteiger partial charge in [-0.1, -0.05) is 30.3 Å². The van der Waals surface area contributed by atoms with Crippen molar-refractivity contribution >= 4 is 11.9 Å². The highest BCUT2D eigenvalue weighted by Crippen LogP contribution is 2.05. The number of nitrogens with zero attached hydrogens (tertiary/aromatic N) is 2. The van der Waals surface area contributed by atoms with E-state index in [0.717, 1.165) is 5.56 Å². The van der Waals surface area contributed by atoms with Crippen LogP contribution in [0, 0.1) is 6.92 Å². The van der Waals surface area contributed by atoms with Crippen molar-refractivity contribution in [2.45, 2.75) is 13.5 Å². The first kappa shape index (κ1) is 12.0. The highest BCUT2D eigenvalue weighted by molar-refractivity contribution is 5.94. The first-order valence-corrected chi connectivity index (χ1v) is 5.58. The zero-order valence-corrected chi connectivity index (χ0v) is 10.1. The van der Waals surface area contributed by atoms with Gasteiger partial charge in [-0.05, 0) is 12.5 Å². The molecule has 1 heterocycles. The lowest BCUT2D eigenvalue weighted by atomic mass is 10.2. The topological polar surface area (TPSA) is 80.9 Å². The van der Waals surface area contributed by atoms with Gasteiger partial charge in [-0.3, -0.25) is 4.79 Å². The molecule has 0 saturated heterocycles. The van der Waals surface area contributed by atoms with E-state index in [9.17, 15) is 4.79 Å². The van der Waals surface area contributed by atoms with Gasteiger partial charge in [0.1, 0.15) is 0 Å². The molecular weight excluding hydrogens is 228 g/mol. The number of aromatic nitrogens is 2. The fraction of sp³-hybridized carbons (Fsp3) is 0.154. The molecule has 18 heavy (non-hydrogen) atoms. The zero-order chi connectivity index (χ0) is 13.0. The van der Waals surface area contributed by atoms with E-state index in [0.29, 0.717) is 17.8 Å². The Balaban J connectivity index is 2.04. The van der Waals surface area contributed by atoms with Crippen LogP contribution in [0.5, 0.6) is 0 Å². The molecule has 3 N–H and O–H groups in total. The summed E-state index contributed by atoms with van der Waals surface area (Å²) in [7, 11) is 0. The van der Waals surface area contributed by atoms with E-state index in [-0.39, 0.29) is 11.9 Å². The fourth-order valence-electron chi connectivity index (χ4n) is 1.58. The maximum atomic E-state index is 11.9. The number of anilines is 1. The first-order chi connectivity index (χ1) is 8.66. The van der Waals surface area contributed by atoms with Gasteiger partial charge in [0.25, 0.3) is 5.91 Å². The van der Waals surface area contributed by atoms with Crippen LogP contribution in [0.4, 0.5) is 5.95 Å². The second-order valence-corrected chi connectivity index (χ2v) is 3.90. The highest BCUT2D eigenvalue weighted by atomic mass is 16.1. The van der Waals surface area contributed by atoms with Gasteiger partial charge in [0, 0.05) is 12.7 Å². The molecule has 1 aromatic heterocycles. The van der Waals surface area contributed by atoms with Crippen LogP contribution in [0.25, 0.3) is 0 Å². The van der Waals surface area contributed by atoms with Gasteiger partial charge in [-0.25, -0.2) is 9.97 Å². The Morgan fingerprint density at radius 1 is 1.33 bits per heavy atom. The van der Waals surface area contributed by atoms with Crippen LogP contribution in [0.3, 0.4) is 0 Å². The van der Waals surface area contributed by atoms with Crippen molar-refractivity contribution in [1.82, 2.24) is 15.3 Å². The summed E-state index contributed by atoms with van der Waals surface area (Å²) < 4.78 is 0. The molecule has 5 nitrogen and oxygen atoms in total. The van der Waals surface area contributed by atoms with Crippen LogP contribution in [0.2, 0.25) is 0 Å². The molecule has 0 saturated carbocycles. The summed E-state index contributed by atoms with van der Waals surface area (Å²) >= 11 is 0. The van der Waals surface area contributed by atoms with Crippen LogP contribution in [0.1, 0.15) is 21.6 Å². The average Bonchev–Trinajstić information content (AvgIpc) is 2.37. The van der Waals surface area contributed by atoms with Gasteiger partial charge >= 0.3 is 0 Å². The molecular formula is C13H14N4O. The van der Waals surface area contributed by atoms with Crippen molar-refractivity contribution < 1.29 is 4.79 Å².